The van der Waals surface area contributed by atoms with Gasteiger partial charge in [-0.25, -0.2) is 0 Å². The van der Waals surface area contributed by atoms with Gasteiger partial charge in [0.05, 0.1) is 0 Å². The second-order valence-electron chi connectivity index (χ2n) is 4.04. The topological polar surface area (TPSA) is 33.3 Å². The molecule has 2 aromatic carbocycles. The van der Waals surface area contributed by atoms with Gasteiger partial charge in [0.1, 0.15) is 6.17 Å². The fourth-order valence-corrected chi connectivity index (χ4v) is 1.96. The van der Waals surface area contributed by atoms with Gasteiger partial charge in [0.2, 0.25) is 0 Å². The van der Waals surface area contributed by atoms with Crippen molar-refractivity contribution in [3.8, 4) is 0 Å². The molecule has 0 bridgehead atoms. The third-order valence-electron chi connectivity index (χ3n) is 2.86. The smallest absolute Gasteiger partial charge is 0.156 e. The van der Waals surface area contributed by atoms with Crippen LogP contribution >= 0.6 is 0 Å². The van der Waals surface area contributed by atoms with Gasteiger partial charge in [-0.05, 0) is 11.1 Å². The van der Waals surface area contributed by atoms with Crippen molar-refractivity contribution in [3.05, 3.63) is 71.8 Å². The maximum Gasteiger partial charge on any atom is 0.156 e. The van der Waals surface area contributed by atoms with Crippen LogP contribution in [-0.2, 0) is 4.84 Å². The number of hydrogen-bond acceptors (Lipinski definition) is 3. The van der Waals surface area contributed by atoms with Crippen LogP contribution in [0.1, 0.15) is 23.5 Å². The Hall–Kier alpha value is -1.68. The van der Waals surface area contributed by atoms with Crippen molar-refractivity contribution >= 4 is 0 Å². The molecule has 0 radical (unpaired) electrons. The quantitative estimate of drug-likeness (QED) is 0.825. The Labute approximate surface area is 100 Å². The fraction of sp³-hybridized carbons (Fsp3) is 0.143. The van der Waals surface area contributed by atoms with Gasteiger partial charge in [-0.15, -0.1) is 0 Å². The first-order valence-corrected chi connectivity index (χ1v) is 5.70. The van der Waals surface area contributed by atoms with Gasteiger partial charge >= 0.3 is 0 Å². The SMILES string of the molecule is c1ccc(C2NOC(c3ccccc3)N2)cc1. The predicted molar refractivity (Wildman–Crippen MR) is 65.7 cm³/mol. The van der Waals surface area contributed by atoms with E-state index >= 15 is 0 Å². The van der Waals surface area contributed by atoms with E-state index < -0.39 is 0 Å². The van der Waals surface area contributed by atoms with Crippen LogP contribution < -0.4 is 10.8 Å². The first-order valence-electron chi connectivity index (χ1n) is 5.70. The average molecular weight is 226 g/mol. The van der Waals surface area contributed by atoms with Crippen molar-refractivity contribution in [1.29, 1.82) is 0 Å². The highest BCUT2D eigenvalue weighted by molar-refractivity contribution is 5.22. The Balaban J connectivity index is 1.75. The van der Waals surface area contributed by atoms with Gasteiger partial charge in [0.25, 0.3) is 0 Å². The van der Waals surface area contributed by atoms with Crippen LogP contribution in [-0.4, -0.2) is 0 Å². The molecule has 0 spiro atoms. The van der Waals surface area contributed by atoms with E-state index in [4.69, 9.17) is 4.84 Å². The van der Waals surface area contributed by atoms with Crippen molar-refractivity contribution in [2.24, 2.45) is 0 Å². The summed E-state index contributed by atoms with van der Waals surface area (Å²) in [6.07, 6.45) is -0.0530. The first kappa shape index (κ1) is 10.5. The molecule has 2 atom stereocenters. The molecule has 2 unspecified atom stereocenters. The lowest BCUT2D eigenvalue weighted by atomic mass is 10.1. The normalized spacial score (nSPS) is 23.8. The maximum absolute atomic E-state index is 5.54. The lowest BCUT2D eigenvalue weighted by molar-refractivity contribution is 0.0214. The standard InChI is InChI=1S/C14H14N2O/c1-3-7-11(8-4-1)13-15-14(17-16-13)12-9-5-2-6-10-12/h1-10,13-16H. The summed E-state index contributed by atoms with van der Waals surface area (Å²) < 4.78 is 0. The van der Waals surface area contributed by atoms with Crippen LogP contribution in [0.4, 0.5) is 0 Å². The lowest BCUT2D eigenvalue weighted by Gasteiger charge is -2.10. The van der Waals surface area contributed by atoms with Crippen molar-refractivity contribution in [2.45, 2.75) is 12.4 Å². The number of nitrogens with one attached hydrogen (secondary N) is 2. The summed E-state index contributed by atoms with van der Waals surface area (Å²) >= 11 is 0. The summed E-state index contributed by atoms with van der Waals surface area (Å²) in [4.78, 5) is 5.54. The fourth-order valence-electron chi connectivity index (χ4n) is 1.96. The van der Waals surface area contributed by atoms with E-state index in [2.05, 4.69) is 22.9 Å². The highest BCUT2D eigenvalue weighted by atomic mass is 16.7. The summed E-state index contributed by atoms with van der Waals surface area (Å²) in [5.41, 5.74) is 5.31. The molecule has 17 heavy (non-hydrogen) atoms. The highest BCUT2D eigenvalue weighted by Crippen LogP contribution is 2.24. The monoisotopic (exact) mass is 226 g/mol. The molecule has 0 aliphatic carbocycles. The molecule has 1 heterocycles. The van der Waals surface area contributed by atoms with E-state index in [0.717, 1.165) is 5.56 Å². The van der Waals surface area contributed by atoms with Crippen LogP contribution in [0.15, 0.2) is 60.7 Å². The zero-order valence-electron chi connectivity index (χ0n) is 9.34. The average Bonchev–Trinajstić information content (AvgIpc) is 2.90. The molecular formula is C14H14N2O. The lowest BCUT2D eigenvalue weighted by Crippen LogP contribution is -2.21. The Morgan fingerprint density at radius 1 is 0.765 bits per heavy atom. The van der Waals surface area contributed by atoms with Crippen LogP contribution in [0.5, 0.6) is 0 Å². The van der Waals surface area contributed by atoms with Crippen molar-refractivity contribution in [1.82, 2.24) is 10.8 Å². The van der Waals surface area contributed by atoms with Gasteiger partial charge in [-0.3, -0.25) is 10.2 Å². The van der Waals surface area contributed by atoms with E-state index in [1.807, 2.05) is 48.5 Å². The molecule has 1 aliphatic rings. The number of rotatable bonds is 2. The van der Waals surface area contributed by atoms with E-state index in [0.29, 0.717) is 0 Å². The Kier molecular flexibility index (Phi) is 2.88. The molecule has 0 aromatic heterocycles. The van der Waals surface area contributed by atoms with Crippen molar-refractivity contribution in [3.63, 3.8) is 0 Å². The van der Waals surface area contributed by atoms with Gasteiger partial charge in [-0.2, -0.15) is 5.48 Å². The third-order valence-corrected chi connectivity index (χ3v) is 2.86. The van der Waals surface area contributed by atoms with E-state index in [-0.39, 0.29) is 12.4 Å². The Morgan fingerprint density at radius 3 is 2.00 bits per heavy atom. The molecule has 2 N–H and O–H groups in total. The molecular weight excluding hydrogens is 212 g/mol. The first-order chi connectivity index (χ1) is 8.43. The summed E-state index contributed by atoms with van der Waals surface area (Å²) in [7, 11) is 0. The van der Waals surface area contributed by atoms with Crippen LogP contribution in [0.25, 0.3) is 0 Å². The molecule has 3 heteroatoms. The number of hydrogen-bond donors (Lipinski definition) is 2. The van der Waals surface area contributed by atoms with Gasteiger partial charge in [0.15, 0.2) is 6.23 Å². The van der Waals surface area contributed by atoms with Crippen molar-refractivity contribution < 1.29 is 4.84 Å². The summed E-state index contributed by atoms with van der Waals surface area (Å²) in [5.74, 6) is 0. The molecule has 3 rings (SSSR count). The predicted octanol–water partition coefficient (Wildman–Crippen LogP) is 2.51. The second kappa shape index (κ2) is 4.67. The van der Waals surface area contributed by atoms with E-state index in [1.165, 1.54) is 5.56 Å². The highest BCUT2D eigenvalue weighted by Gasteiger charge is 2.26. The second-order valence-corrected chi connectivity index (χ2v) is 4.04. The molecule has 0 amide bonds. The minimum absolute atomic E-state index is 0.0430. The Morgan fingerprint density at radius 2 is 1.35 bits per heavy atom. The molecule has 3 nitrogen and oxygen atoms in total. The Bertz CT molecular complexity index is 427. The molecule has 0 saturated carbocycles. The largest absolute Gasteiger partial charge is 0.276 e. The minimum atomic E-state index is -0.0959. The number of benzene rings is 2. The van der Waals surface area contributed by atoms with Crippen LogP contribution in [0.3, 0.4) is 0 Å². The van der Waals surface area contributed by atoms with Crippen LogP contribution in [0.2, 0.25) is 0 Å². The summed E-state index contributed by atoms with van der Waals surface area (Å²) in [6, 6.07) is 20.3. The van der Waals surface area contributed by atoms with Crippen LogP contribution in [0, 0.1) is 0 Å². The zero-order chi connectivity index (χ0) is 11.5. The zero-order valence-corrected chi connectivity index (χ0v) is 9.34. The number of hydroxylamine groups is 1. The minimum Gasteiger partial charge on any atom is -0.276 e. The summed E-state index contributed by atoms with van der Waals surface area (Å²) in [6.45, 7) is 0. The van der Waals surface area contributed by atoms with E-state index in [9.17, 15) is 0 Å². The molecule has 1 saturated heterocycles. The van der Waals surface area contributed by atoms with Gasteiger partial charge in [0, 0.05) is 0 Å². The van der Waals surface area contributed by atoms with Gasteiger partial charge < -0.3 is 0 Å². The third kappa shape index (κ3) is 2.22. The van der Waals surface area contributed by atoms with E-state index in [1.54, 1.807) is 0 Å². The molecule has 1 fully saturated rings. The molecule has 1 aliphatic heterocycles. The summed E-state index contributed by atoms with van der Waals surface area (Å²) in [5, 5.41) is 3.39. The van der Waals surface area contributed by atoms with Crippen molar-refractivity contribution in [2.75, 3.05) is 0 Å². The van der Waals surface area contributed by atoms with Gasteiger partial charge in [-0.1, -0.05) is 60.7 Å². The molecule has 2 aromatic rings. The maximum atomic E-state index is 5.54. The molecule has 86 valence electrons.